The van der Waals surface area contributed by atoms with Crippen molar-refractivity contribution in [3.63, 3.8) is 0 Å². The summed E-state index contributed by atoms with van der Waals surface area (Å²) >= 11 is 0. The van der Waals surface area contributed by atoms with E-state index in [1.165, 1.54) is 0 Å². The average Bonchev–Trinajstić information content (AvgIpc) is 3.08. The first-order valence-corrected chi connectivity index (χ1v) is 9.15. The van der Waals surface area contributed by atoms with Crippen LogP contribution >= 0.6 is 0 Å². The van der Waals surface area contributed by atoms with Crippen LogP contribution < -0.4 is 4.90 Å². The van der Waals surface area contributed by atoms with E-state index in [1.54, 1.807) is 20.2 Å². The van der Waals surface area contributed by atoms with Gasteiger partial charge in [-0.05, 0) is 19.1 Å². The van der Waals surface area contributed by atoms with Crippen molar-refractivity contribution >= 4 is 33.5 Å². The Kier molecular flexibility index (Phi) is 4.96. The number of aromatic amines is 1. The highest BCUT2D eigenvalue weighted by atomic mass is 16.5. The standard InChI is InChI=1S/C20H23N3O4/c1-3-27-20(24)19-13(12-25-2)17-15(11-21-19)22-14-5-4-6-16(18(14)17)23-7-9-26-10-8-23/h4-6,11,22H,3,7-10,12H2,1-2H3. The van der Waals surface area contributed by atoms with E-state index < -0.39 is 5.97 Å². The van der Waals surface area contributed by atoms with Crippen LogP contribution in [0.2, 0.25) is 0 Å². The third-order valence-electron chi connectivity index (χ3n) is 4.85. The minimum atomic E-state index is -0.426. The molecule has 0 radical (unpaired) electrons. The van der Waals surface area contributed by atoms with Crippen LogP contribution in [0.5, 0.6) is 0 Å². The van der Waals surface area contributed by atoms with Gasteiger partial charge in [0.25, 0.3) is 0 Å². The molecule has 27 heavy (non-hydrogen) atoms. The van der Waals surface area contributed by atoms with Crippen LogP contribution in [0.15, 0.2) is 24.4 Å². The Balaban J connectivity index is 1.99. The molecule has 2 aromatic heterocycles. The predicted octanol–water partition coefficient (Wildman–Crippen LogP) is 2.88. The highest BCUT2D eigenvalue weighted by Crippen LogP contribution is 2.37. The Morgan fingerprint density at radius 1 is 1.26 bits per heavy atom. The van der Waals surface area contributed by atoms with E-state index in [-0.39, 0.29) is 6.61 Å². The van der Waals surface area contributed by atoms with Crippen molar-refractivity contribution in [1.82, 2.24) is 9.97 Å². The number of carbonyl (C=O) groups excluding carboxylic acids is 1. The molecule has 0 aliphatic carbocycles. The van der Waals surface area contributed by atoms with Crippen LogP contribution in [0.3, 0.4) is 0 Å². The number of rotatable bonds is 5. The molecule has 3 aromatic rings. The molecule has 1 aliphatic heterocycles. The van der Waals surface area contributed by atoms with Crippen molar-refractivity contribution in [3.05, 3.63) is 35.7 Å². The molecule has 1 saturated heterocycles. The number of nitrogens with one attached hydrogen (secondary N) is 1. The fourth-order valence-corrected chi connectivity index (χ4v) is 3.71. The molecule has 0 saturated carbocycles. The number of H-pyrrole nitrogens is 1. The van der Waals surface area contributed by atoms with Crippen molar-refractivity contribution in [2.24, 2.45) is 0 Å². The summed E-state index contributed by atoms with van der Waals surface area (Å²) in [5.74, 6) is -0.426. The second-order valence-electron chi connectivity index (χ2n) is 6.45. The second kappa shape index (κ2) is 7.54. The van der Waals surface area contributed by atoms with Gasteiger partial charge in [-0.3, -0.25) is 0 Å². The van der Waals surface area contributed by atoms with E-state index in [2.05, 4.69) is 20.9 Å². The fourth-order valence-electron chi connectivity index (χ4n) is 3.71. The minimum absolute atomic E-state index is 0.281. The van der Waals surface area contributed by atoms with Crippen molar-refractivity contribution in [2.45, 2.75) is 13.5 Å². The number of esters is 1. The Morgan fingerprint density at radius 2 is 2.07 bits per heavy atom. The van der Waals surface area contributed by atoms with Gasteiger partial charge in [-0.2, -0.15) is 0 Å². The minimum Gasteiger partial charge on any atom is -0.461 e. The largest absolute Gasteiger partial charge is 0.461 e. The lowest BCUT2D eigenvalue weighted by atomic mass is 10.0. The number of pyridine rings is 1. The maximum Gasteiger partial charge on any atom is 0.357 e. The Labute approximate surface area is 157 Å². The first kappa shape index (κ1) is 17.8. The van der Waals surface area contributed by atoms with Crippen molar-refractivity contribution in [3.8, 4) is 0 Å². The molecule has 1 fully saturated rings. The van der Waals surface area contributed by atoms with Gasteiger partial charge in [-0.15, -0.1) is 0 Å². The van der Waals surface area contributed by atoms with Gasteiger partial charge >= 0.3 is 5.97 Å². The summed E-state index contributed by atoms with van der Waals surface area (Å²) in [7, 11) is 1.62. The third-order valence-corrected chi connectivity index (χ3v) is 4.85. The number of anilines is 1. The highest BCUT2D eigenvalue weighted by molar-refractivity contribution is 6.16. The lowest BCUT2D eigenvalue weighted by Crippen LogP contribution is -2.36. The lowest BCUT2D eigenvalue weighted by Gasteiger charge is -2.29. The molecule has 0 unspecified atom stereocenters. The maximum absolute atomic E-state index is 12.5. The normalized spacial score (nSPS) is 14.8. The zero-order valence-electron chi connectivity index (χ0n) is 15.6. The molecule has 142 valence electrons. The number of benzene rings is 1. The summed E-state index contributed by atoms with van der Waals surface area (Å²) in [5.41, 5.74) is 4.07. The molecule has 1 aliphatic rings. The molecule has 0 amide bonds. The number of morpholine rings is 1. The van der Waals surface area contributed by atoms with Gasteiger partial charge in [0.15, 0.2) is 5.69 Å². The number of hydrogen-bond donors (Lipinski definition) is 1. The highest BCUT2D eigenvalue weighted by Gasteiger charge is 2.23. The lowest BCUT2D eigenvalue weighted by molar-refractivity contribution is 0.0514. The first-order chi connectivity index (χ1) is 13.2. The molecule has 0 spiro atoms. The van der Waals surface area contributed by atoms with Crippen LogP contribution in [-0.4, -0.2) is 56.0 Å². The number of methoxy groups -OCH3 is 1. The van der Waals surface area contributed by atoms with Gasteiger partial charge in [0, 0.05) is 47.7 Å². The summed E-state index contributed by atoms with van der Waals surface area (Å²) in [5, 5.41) is 2.04. The Bertz CT molecular complexity index is 976. The van der Waals surface area contributed by atoms with Crippen LogP contribution in [0.25, 0.3) is 21.8 Å². The monoisotopic (exact) mass is 369 g/mol. The Morgan fingerprint density at radius 3 is 2.81 bits per heavy atom. The van der Waals surface area contributed by atoms with E-state index in [0.29, 0.717) is 25.5 Å². The topological polar surface area (TPSA) is 76.7 Å². The summed E-state index contributed by atoms with van der Waals surface area (Å²) in [6.45, 7) is 5.45. The van der Waals surface area contributed by atoms with E-state index >= 15 is 0 Å². The fraction of sp³-hybridized carbons (Fsp3) is 0.400. The van der Waals surface area contributed by atoms with Gasteiger partial charge < -0.3 is 24.1 Å². The van der Waals surface area contributed by atoms with E-state index in [9.17, 15) is 4.79 Å². The summed E-state index contributed by atoms with van der Waals surface area (Å²) in [6.07, 6.45) is 1.70. The van der Waals surface area contributed by atoms with E-state index in [0.717, 1.165) is 46.1 Å². The number of hydrogen-bond acceptors (Lipinski definition) is 6. The van der Waals surface area contributed by atoms with Crippen LogP contribution in [0.1, 0.15) is 23.0 Å². The van der Waals surface area contributed by atoms with Gasteiger partial charge in [0.05, 0.1) is 38.1 Å². The molecule has 7 heteroatoms. The van der Waals surface area contributed by atoms with Crippen LogP contribution in [-0.2, 0) is 20.8 Å². The Hall–Kier alpha value is -2.64. The summed E-state index contributed by atoms with van der Waals surface area (Å²) in [4.78, 5) is 22.6. The van der Waals surface area contributed by atoms with Crippen molar-refractivity contribution < 1.29 is 19.0 Å². The number of ether oxygens (including phenoxy) is 3. The third kappa shape index (κ3) is 3.13. The quantitative estimate of drug-likeness (QED) is 0.697. The molecule has 4 rings (SSSR count). The predicted molar refractivity (Wildman–Crippen MR) is 103 cm³/mol. The summed E-state index contributed by atoms with van der Waals surface area (Å²) in [6, 6.07) is 6.19. The number of aromatic nitrogens is 2. The van der Waals surface area contributed by atoms with Gasteiger partial charge in [-0.1, -0.05) is 6.07 Å². The van der Waals surface area contributed by atoms with Gasteiger partial charge in [0.2, 0.25) is 0 Å². The second-order valence-corrected chi connectivity index (χ2v) is 6.45. The molecular formula is C20H23N3O4. The smallest absolute Gasteiger partial charge is 0.357 e. The zero-order chi connectivity index (χ0) is 18.8. The zero-order valence-corrected chi connectivity index (χ0v) is 15.6. The van der Waals surface area contributed by atoms with Crippen LogP contribution in [0, 0.1) is 0 Å². The molecule has 1 N–H and O–H groups in total. The maximum atomic E-state index is 12.5. The molecule has 7 nitrogen and oxygen atoms in total. The number of nitrogens with zero attached hydrogens (tertiary/aromatic N) is 2. The molecule has 1 aromatic carbocycles. The molecule has 3 heterocycles. The van der Waals surface area contributed by atoms with Crippen molar-refractivity contribution in [2.75, 3.05) is 44.9 Å². The van der Waals surface area contributed by atoms with Gasteiger partial charge in [-0.25, -0.2) is 9.78 Å². The van der Waals surface area contributed by atoms with Crippen LogP contribution in [0.4, 0.5) is 5.69 Å². The van der Waals surface area contributed by atoms with E-state index in [4.69, 9.17) is 14.2 Å². The summed E-state index contributed by atoms with van der Waals surface area (Å²) < 4.78 is 16.1. The SMILES string of the molecule is CCOC(=O)c1ncc2[nH]c3cccc(N4CCOCC4)c3c2c1COC. The molecule has 0 atom stereocenters. The average molecular weight is 369 g/mol. The number of fused-ring (bicyclic) bond motifs is 3. The molecule has 0 bridgehead atoms. The van der Waals surface area contributed by atoms with Crippen molar-refractivity contribution in [1.29, 1.82) is 0 Å². The van der Waals surface area contributed by atoms with Gasteiger partial charge in [0.1, 0.15) is 0 Å². The van der Waals surface area contributed by atoms with E-state index in [1.807, 2.05) is 12.1 Å². The molecular weight excluding hydrogens is 346 g/mol. The first-order valence-electron chi connectivity index (χ1n) is 9.15. The number of carbonyl (C=O) groups is 1.